The number of nitrogens with one attached hydrogen (secondary N) is 1. The van der Waals surface area contributed by atoms with Crippen molar-refractivity contribution in [2.75, 3.05) is 19.6 Å². The van der Waals surface area contributed by atoms with E-state index in [1.165, 1.54) is 0 Å². The summed E-state index contributed by atoms with van der Waals surface area (Å²) in [6.45, 7) is 3.67. The van der Waals surface area contributed by atoms with Gasteiger partial charge in [0, 0.05) is 13.1 Å². The smallest absolute Gasteiger partial charge is 0.240 e. The summed E-state index contributed by atoms with van der Waals surface area (Å²) < 4.78 is 5.97. The van der Waals surface area contributed by atoms with E-state index in [9.17, 15) is 9.90 Å². The molecule has 0 saturated carbocycles. The van der Waals surface area contributed by atoms with Gasteiger partial charge < -0.3 is 20.1 Å². The predicted octanol–water partition coefficient (Wildman–Crippen LogP) is 0.698. The van der Waals surface area contributed by atoms with Crippen LogP contribution >= 0.6 is 0 Å². The topological polar surface area (TPSA) is 61.8 Å². The SMILES string of the molecule is CC1CN(C(=O)C2CC(O)CN2)CC(c2ccccc2)O1. The van der Waals surface area contributed by atoms with Crippen LogP contribution in [0.4, 0.5) is 0 Å². The first-order chi connectivity index (χ1) is 10.1. The fraction of sp³-hybridized carbons (Fsp3) is 0.562. The van der Waals surface area contributed by atoms with E-state index in [0.29, 0.717) is 26.1 Å². The van der Waals surface area contributed by atoms with Gasteiger partial charge in [-0.1, -0.05) is 30.3 Å². The lowest BCUT2D eigenvalue weighted by Crippen LogP contribution is -2.51. The van der Waals surface area contributed by atoms with Gasteiger partial charge in [-0.2, -0.15) is 0 Å². The Morgan fingerprint density at radius 2 is 2.10 bits per heavy atom. The van der Waals surface area contributed by atoms with Crippen molar-refractivity contribution in [2.45, 2.75) is 37.7 Å². The van der Waals surface area contributed by atoms with E-state index in [2.05, 4.69) is 5.32 Å². The van der Waals surface area contributed by atoms with Gasteiger partial charge in [-0.3, -0.25) is 4.79 Å². The van der Waals surface area contributed by atoms with E-state index in [4.69, 9.17) is 4.74 Å². The first-order valence-electron chi connectivity index (χ1n) is 7.54. The predicted molar refractivity (Wildman–Crippen MR) is 78.7 cm³/mol. The Kier molecular flexibility index (Phi) is 4.24. The molecule has 3 rings (SSSR count). The van der Waals surface area contributed by atoms with Crippen molar-refractivity contribution < 1.29 is 14.6 Å². The number of hydrogen-bond donors (Lipinski definition) is 2. The molecule has 2 aliphatic heterocycles. The van der Waals surface area contributed by atoms with E-state index in [1.807, 2.05) is 42.2 Å². The third kappa shape index (κ3) is 3.26. The Hall–Kier alpha value is -1.43. The molecule has 2 fully saturated rings. The summed E-state index contributed by atoms with van der Waals surface area (Å²) in [7, 11) is 0. The number of nitrogens with zero attached hydrogens (tertiary/aromatic N) is 1. The van der Waals surface area contributed by atoms with Crippen molar-refractivity contribution in [3.05, 3.63) is 35.9 Å². The standard InChI is InChI=1S/C16H22N2O3/c1-11-9-18(16(20)14-7-13(19)8-17-14)10-15(21-11)12-5-3-2-4-6-12/h2-6,11,13-15,17,19H,7-10H2,1H3. The molecule has 2 N–H and O–H groups in total. The number of carbonyl (C=O) groups excluding carboxylic acids is 1. The first kappa shape index (κ1) is 14.5. The van der Waals surface area contributed by atoms with Crippen molar-refractivity contribution in [1.82, 2.24) is 10.2 Å². The molecule has 5 nitrogen and oxygen atoms in total. The van der Waals surface area contributed by atoms with E-state index in [-0.39, 0.29) is 24.2 Å². The van der Waals surface area contributed by atoms with Crippen LogP contribution in [0.1, 0.15) is 25.0 Å². The molecule has 2 saturated heterocycles. The molecule has 4 unspecified atom stereocenters. The van der Waals surface area contributed by atoms with Gasteiger partial charge in [0.15, 0.2) is 0 Å². The summed E-state index contributed by atoms with van der Waals surface area (Å²) in [6, 6.07) is 9.74. The Bertz CT molecular complexity index is 494. The number of ether oxygens (including phenoxy) is 1. The molecule has 1 aromatic rings. The second-order valence-electron chi connectivity index (χ2n) is 5.94. The minimum absolute atomic E-state index is 0.0132. The lowest BCUT2D eigenvalue weighted by Gasteiger charge is -2.38. The molecular weight excluding hydrogens is 268 g/mol. The van der Waals surface area contributed by atoms with Crippen molar-refractivity contribution in [1.29, 1.82) is 0 Å². The molecule has 5 heteroatoms. The highest BCUT2D eigenvalue weighted by molar-refractivity contribution is 5.82. The molecule has 114 valence electrons. The highest BCUT2D eigenvalue weighted by Gasteiger charge is 2.35. The molecule has 4 atom stereocenters. The quantitative estimate of drug-likeness (QED) is 0.841. The molecule has 0 bridgehead atoms. The maximum atomic E-state index is 12.6. The molecule has 0 radical (unpaired) electrons. The molecule has 0 aliphatic carbocycles. The Morgan fingerprint density at radius 3 is 2.76 bits per heavy atom. The zero-order valence-corrected chi connectivity index (χ0v) is 12.2. The fourth-order valence-corrected chi connectivity index (χ4v) is 3.11. The van der Waals surface area contributed by atoms with Crippen LogP contribution < -0.4 is 5.32 Å². The number of rotatable bonds is 2. The second kappa shape index (κ2) is 6.13. The Balaban J connectivity index is 1.70. The monoisotopic (exact) mass is 290 g/mol. The average molecular weight is 290 g/mol. The first-order valence-corrected chi connectivity index (χ1v) is 7.54. The van der Waals surface area contributed by atoms with Crippen molar-refractivity contribution in [2.24, 2.45) is 0 Å². The number of morpholine rings is 1. The minimum Gasteiger partial charge on any atom is -0.392 e. The van der Waals surface area contributed by atoms with E-state index >= 15 is 0 Å². The van der Waals surface area contributed by atoms with Gasteiger partial charge in [0.05, 0.1) is 24.8 Å². The van der Waals surface area contributed by atoms with Gasteiger partial charge >= 0.3 is 0 Å². The van der Waals surface area contributed by atoms with Gasteiger partial charge in [-0.15, -0.1) is 0 Å². The lowest BCUT2D eigenvalue weighted by atomic mass is 10.1. The van der Waals surface area contributed by atoms with Crippen LogP contribution in [-0.2, 0) is 9.53 Å². The summed E-state index contributed by atoms with van der Waals surface area (Å²) >= 11 is 0. The molecule has 21 heavy (non-hydrogen) atoms. The highest BCUT2D eigenvalue weighted by Crippen LogP contribution is 2.26. The van der Waals surface area contributed by atoms with Crippen molar-refractivity contribution >= 4 is 5.91 Å². The largest absolute Gasteiger partial charge is 0.392 e. The van der Waals surface area contributed by atoms with Crippen molar-refractivity contribution in [3.63, 3.8) is 0 Å². The number of benzene rings is 1. The number of carbonyl (C=O) groups is 1. The van der Waals surface area contributed by atoms with Gasteiger partial charge in [0.25, 0.3) is 0 Å². The number of amides is 1. The molecule has 0 aromatic heterocycles. The Morgan fingerprint density at radius 1 is 1.33 bits per heavy atom. The number of hydrogen-bond acceptors (Lipinski definition) is 4. The van der Waals surface area contributed by atoms with E-state index < -0.39 is 6.10 Å². The molecule has 0 spiro atoms. The van der Waals surface area contributed by atoms with Gasteiger partial charge in [-0.25, -0.2) is 0 Å². The summed E-state index contributed by atoms with van der Waals surface area (Å²) in [6.07, 6.45) is 0.0207. The third-order valence-electron chi connectivity index (χ3n) is 4.15. The molecule has 2 heterocycles. The van der Waals surface area contributed by atoms with Crippen LogP contribution in [0.15, 0.2) is 30.3 Å². The maximum Gasteiger partial charge on any atom is 0.240 e. The number of aliphatic hydroxyl groups excluding tert-OH is 1. The normalized spacial score (nSPS) is 33.1. The van der Waals surface area contributed by atoms with Gasteiger partial charge in [-0.05, 0) is 18.9 Å². The number of aliphatic hydroxyl groups is 1. The summed E-state index contributed by atoms with van der Waals surface area (Å²) in [4.78, 5) is 14.4. The zero-order chi connectivity index (χ0) is 14.8. The molecule has 1 amide bonds. The van der Waals surface area contributed by atoms with Crippen LogP contribution in [0, 0.1) is 0 Å². The molecular formula is C16H22N2O3. The third-order valence-corrected chi connectivity index (χ3v) is 4.15. The number of β-amino-alcohol motifs (C(OH)–C–C–N with tert-alkyl or cyclic N) is 1. The van der Waals surface area contributed by atoms with Crippen LogP contribution in [0.2, 0.25) is 0 Å². The van der Waals surface area contributed by atoms with Crippen LogP contribution in [0.3, 0.4) is 0 Å². The highest BCUT2D eigenvalue weighted by atomic mass is 16.5. The zero-order valence-electron chi connectivity index (χ0n) is 12.2. The van der Waals surface area contributed by atoms with Crippen molar-refractivity contribution in [3.8, 4) is 0 Å². The summed E-state index contributed by atoms with van der Waals surface area (Å²) in [5, 5.41) is 12.7. The maximum absolute atomic E-state index is 12.6. The average Bonchev–Trinajstić information content (AvgIpc) is 2.93. The second-order valence-corrected chi connectivity index (χ2v) is 5.94. The fourth-order valence-electron chi connectivity index (χ4n) is 3.11. The summed E-state index contributed by atoms with van der Waals surface area (Å²) in [5.74, 6) is 0.0719. The lowest BCUT2D eigenvalue weighted by molar-refractivity contribution is -0.146. The van der Waals surface area contributed by atoms with E-state index in [0.717, 1.165) is 5.56 Å². The molecule has 2 aliphatic rings. The van der Waals surface area contributed by atoms with Crippen LogP contribution in [0.25, 0.3) is 0 Å². The van der Waals surface area contributed by atoms with Gasteiger partial charge in [0.2, 0.25) is 5.91 Å². The van der Waals surface area contributed by atoms with Crippen LogP contribution in [-0.4, -0.2) is 53.8 Å². The van der Waals surface area contributed by atoms with Gasteiger partial charge in [0.1, 0.15) is 6.10 Å². The van der Waals surface area contributed by atoms with Crippen LogP contribution in [0.5, 0.6) is 0 Å². The Labute approximate surface area is 124 Å². The molecule has 1 aromatic carbocycles. The minimum atomic E-state index is -0.415. The summed E-state index contributed by atoms with van der Waals surface area (Å²) in [5.41, 5.74) is 1.10. The van der Waals surface area contributed by atoms with E-state index in [1.54, 1.807) is 0 Å².